The van der Waals surface area contributed by atoms with E-state index in [2.05, 4.69) is 32.5 Å². The second-order valence-electron chi connectivity index (χ2n) is 10.1. The monoisotopic (exact) mass is 567 g/mol. The molecule has 40 heavy (non-hydrogen) atoms. The van der Waals surface area contributed by atoms with Gasteiger partial charge in [0, 0.05) is 25.8 Å². The molecule has 1 aliphatic rings. The smallest absolute Gasteiger partial charge is 0.412 e. The van der Waals surface area contributed by atoms with Gasteiger partial charge in [0.05, 0.1) is 16.3 Å². The minimum absolute atomic E-state index is 0.144. The van der Waals surface area contributed by atoms with Crippen LogP contribution in [0.15, 0.2) is 59.1 Å². The van der Waals surface area contributed by atoms with Crippen molar-refractivity contribution in [3.05, 3.63) is 65.3 Å². The third kappa shape index (κ3) is 9.20. The van der Waals surface area contributed by atoms with E-state index in [-0.39, 0.29) is 28.2 Å². The quantitative estimate of drug-likeness (QED) is 0.407. The summed E-state index contributed by atoms with van der Waals surface area (Å²) in [6, 6.07) is 9.46. The largest absolute Gasteiger partial charge is 0.444 e. The van der Waals surface area contributed by atoms with Gasteiger partial charge in [0.2, 0.25) is 0 Å². The molecule has 0 saturated carbocycles. The lowest BCUT2D eigenvalue weighted by molar-refractivity contribution is -0.115. The Morgan fingerprint density at radius 3 is 2.30 bits per heavy atom. The third-order valence-corrected chi connectivity index (χ3v) is 6.04. The number of anilines is 2. The average molecular weight is 568 g/mol. The van der Waals surface area contributed by atoms with Gasteiger partial charge in [-0.05, 0) is 70.4 Å². The van der Waals surface area contributed by atoms with Crippen LogP contribution in [-0.4, -0.2) is 76.7 Å². The number of carbonyl (C=O) groups excluding carboxylic acids is 4. The number of hydrogen-bond donors (Lipinski definition) is 3. The predicted octanol–water partition coefficient (Wildman–Crippen LogP) is 3.90. The van der Waals surface area contributed by atoms with Crippen LogP contribution in [0.25, 0.3) is 0 Å². The molecular weight excluding hydrogens is 534 g/mol. The Bertz CT molecular complexity index is 1300. The van der Waals surface area contributed by atoms with Gasteiger partial charge in [0.1, 0.15) is 11.3 Å². The number of amidine groups is 1. The van der Waals surface area contributed by atoms with Crippen molar-refractivity contribution in [2.75, 3.05) is 37.8 Å². The molecule has 12 nitrogen and oxygen atoms in total. The van der Waals surface area contributed by atoms with Crippen molar-refractivity contribution in [1.82, 2.24) is 20.1 Å². The average Bonchev–Trinajstić information content (AvgIpc) is 3.18. The Hall–Kier alpha value is -4.23. The van der Waals surface area contributed by atoms with E-state index in [9.17, 15) is 19.2 Å². The minimum Gasteiger partial charge on any atom is -0.444 e. The molecule has 0 radical (unpaired) electrons. The molecule has 1 aromatic carbocycles. The first-order chi connectivity index (χ1) is 18.8. The predicted molar refractivity (Wildman–Crippen MR) is 155 cm³/mol. The van der Waals surface area contributed by atoms with Gasteiger partial charge in [-0.2, -0.15) is 4.99 Å². The van der Waals surface area contributed by atoms with Gasteiger partial charge in [0.25, 0.3) is 11.8 Å². The van der Waals surface area contributed by atoms with Crippen LogP contribution in [-0.2, 0) is 16.1 Å². The van der Waals surface area contributed by atoms with Crippen molar-refractivity contribution in [2.45, 2.75) is 32.9 Å². The van der Waals surface area contributed by atoms with Crippen LogP contribution < -0.4 is 16.0 Å². The number of aliphatic imine (C=N–C) groups is 1. The topological polar surface area (TPSA) is 145 Å². The summed E-state index contributed by atoms with van der Waals surface area (Å²) < 4.78 is 5.29. The SMILES string of the molecule is C=C1SC(=NC(=O)N(CCN(C)C)Cc2ccc(C(=O)Nc3ccccc3NC(=O)OC(C)(C)C)nc2)NC1=O. The first kappa shape index (κ1) is 30.3. The fourth-order valence-corrected chi connectivity index (χ4v) is 3.95. The summed E-state index contributed by atoms with van der Waals surface area (Å²) in [5.41, 5.74) is 0.907. The Morgan fingerprint density at radius 2 is 1.75 bits per heavy atom. The molecule has 5 amide bonds. The maximum atomic E-state index is 12.9. The van der Waals surface area contributed by atoms with Gasteiger partial charge in [-0.3, -0.25) is 19.9 Å². The summed E-state index contributed by atoms with van der Waals surface area (Å²) in [5, 5.41) is 8.08. The Kier molecular flexibility index (Phi) is 10.0. The number of benzene rings is 1. The van der Waals surface area contributed by atoms with E-state index in [1.54, 1.807) is 57.2 Å². The van der Waals surface area contributed by atoms with E-state index < -0.39 is 23.6 Å². The van der Waals surface area contributed by atoms with Crippen molar-refractivity contribution >= 4 is 52.2 Å². The number of aromatic nitrogens is 1. The molecule has 212 valence electrons. The van der Waals surface area contributed by atoms with Gasteiger partial charge in [-0.1, -0.05) is 24.8 Å². The molecule has 0 unspecified atom stereocenters. The van der Waals surface area contributed by atoms with E-state index >= 15 is 0 Å². The van der Waals surface area contributed by atoms with Gasteiger partial charge < -0.3 is 25.2 Å². The second kappa shape index (κ2) is 13.2. The van der Waals surface area contributed by atoms with E-state index in [1.165, 1.54) is 11.1 Å². The van der Waals surface area contributed by atoms with E-state index in [0.29, 0.717) is 30.0 Å². The molecule has 3 rings (SSSR count). The van der Waals surface area contributed by atoms with Crippen molar-refractivity contribution < 1.29 is 23.9 Å². The standard InChI is InChI=1S/C27H33N7O5S/c1-17-22(35)31-24(40-17)32-25(37)34(14-13-33(5)6)16-18-11-12-21(28-15-18)23(36)29-19-9-7-8-10-20(19)30-26(38)39-27(2,3)4/h7-12,15H,1,13-14,16H2,2-6H3,(H,29,36)(H,30,38)(H,31,32,35,37). The van der Waals surface area contributed by atoms with Crippen molar-refractivity contribution in [2.24, 2.45) is 4.99 Å². The van der Waals surface area contributed by atoms with Crippen molar-refractivity contribution in [1.29, 1.82) is 0 Å². The maximum Gasteiger partial charge on any atom is 0.412 e. The molecule has 0 bridgehead atoms. The number of para-hydroxylation sites is 2. The van der Waals surface area contributed by atoms with Crippen LogP contribution in [0.2, 0.25) is 0 Å². The molecule has 1 aromatic heterocycles. The third-order valence-electron chi connectivity index (χ3n) is 5.22. The molecule has 1 fully saturated rings. The zero-order chi connectivity index (χ0) is 29.4. The summed E-state index contributed by atoms with van der Waals surface area (Å²) >= 11 is 1.01. The van der Waals surface area contributed by atoms with Crippen molar-refractivity contribution in [3.8, 4) is 0 Å². The molecule has 0 atom stereocenters. The molecule has 1 saturated heterocycles. The number of carbonyl (C=O) groups is 4. The fraction of sp³-hybridized carbons (Fsp3) is 0.333. The highest BCUT2D eigenvalue weighted by molar-refractivity contribution is 8.18. The summed E-state index contributed by atoms with van der Waals surface area (Å²) in [6.07, 6.45) is 0.866. The molecule has 2 aromatic rings. The number of ether oxygens (including phenoxy) is 1. The highest BCUT2D eigenvalue weighted by Crippen LogP contribution is 2.23. The van der Waals surface area contributed by atoms with E-state index in [1.807, 2.05) is 19.0 Å². The normalized spacial score (nSPS) is 14.2. The van der Waals surface area contributed by atoms with Gasteiger partial charge in [-0.15, -0.1) is 0 Å². The molecule has 0 aliphatic carbocycles. The molecule has 13 heteroatoms. The maximum absolute atomic E-state index is 12.9. The number of pyridine rings is 1. The highest BCUT2D eigenvalue weighted by atomic mass is 32.2. The van der Waals surface area contributed by atoms with Crippen LogP contribution in [0.5, 0.6) is 0 Å². The number of hydrogen-bond acceptors (Lipinski definition) is 8. The Morgan fingerprint density at radius 1 is 1.07 bits per heavy atom. The Balaban J connectivity index is 1.68. The van der Waals surface area contributed by atoms with E-state index in [4.69, 9.17) is 4.74 Å². The molecule has 2 heterocycles. The number of thioether (sulfide) groups is 1. The lowest BCUT2D eigenvalue weighted by atomic mass is 10.2. The zero-order valence-corrected chi connectivity index (χ0v) is 23.9. The van der Waals surface area contributed by atoms with Crippen LogP contribution in [0.4, 0.5) is 21.0 Å². The number of urea groups is 1. The first-order valence-corrected chi connectivity index (χ1v) is 13.2. The van der Waals surface area contributed by atoms with Crippen LogP contribution in [0, 0.1) is 0 Å². The zero-order valence-electron chi connectivity index (χ0n) is 23.1. The van der Waals surface area contributed by atoms with E-state index in [0.717, 1.165) is 11.8 Å². The van der Waals surface area contributed by atoms with Crippen LogP contribution in [0.1, 0.15) is 36.8 Å². The lowest BCUT2D eigenvalue weighted by Gasteiger charge is -2.22. The molecule has 3 N–H and O–H groups in total. The fourth-order valence-electron chi connectivity index (χ4n) is 3.30. The number of rotatable bonds is 8. The summed E-state index contributed by atoms with van der Waals surface area (Å²) in [6.45, 7) is 10.1. The number of nitrogens with one attached hydrogen (secondary N) is 3. The first-order valence-electron chi connectivity index (χ1n) is 12.4. The molecular formula is C27H33N7O5S. The Labute approximate surface area is 237 Å². The highest BCUT2D eigenvalue weighted by Gasteiger charge is 2.24. The van der Waals surface area contributed by atoms with Gasteiger partial charge in [0.15, 0.2) is 5.17 Å². The van der Waals surface area contributed by atoms with Gasteiger partial charge >= 0.3 is 12.1 Å². The van der Waals surface area contributed by atoms with Crippen molar-refractivity contribution in [3.63, 3.8) is 0 Å². The summed E-state index contributed by atoms with van der Waals surface area (Å²) in [7, 11) is 3.78. The summed E-state index contributed by atoms with van der Waals surface area (Å²) in [4.78, 5) is 61.7. The number of amides is 5. The van der Waals surface area contributed by atoms with Crippen LogP contribution >= 0.6 is 11.8 Å². The number of likely N-dealkylation sites (N-methyl/N-ethyl adjacent to an activating group) is 1. The molecule has 1 aliphatic heterocycles. The lowest BCUT2D eigenvalue weighted by Crippen LogP contribution is -2.35. The minimum atomic E-state index is -0.673. The second-order valence-corrected chi connectivity index (χ2v) is 11.2. The summed E-state index contributed by atoms with van der Waals surface area (Å²) in [5.74, 6) is -0.858. The number of nitrogens with zero attached hydrogens (tertiary/aromatic N) is 4. The molecule has 0 spiro atoms. The van der Waals surface area contributed by atoms with Gasteiger partial charge in [-0.25, -0.2) is 9.59 Å². The van der Waals surface area contributed by atoms with Crippen LogP contribution in [0.3, 0.4) is 0 Å².